The Morgan fingerprint density at radius 3 is 2.62 bits per heavy atom. The zero-order valence-corrected chi connectivity index (χ0v) is 15.2. The summed E-state index contributed by atoms with van der Waals surface area (Å²) in [6.45, 7) is 8.58. The zero-order chi connectivity index (χ0) is 16.9. The number of benzene rings is 1. The average Bonchev–Trinajstić information content (AvgIpc) is 2.60. The fraction of sp³-hybridized carbons (Fsp3) is 0.571. The molecule has 1 aromatic heterocycles. The van der Waals surface area contributed by atoms with Gasteiger partial charge in [0.25, 0.3) is 0 Å². The minimum Gasteiger partial charge on any atom is -0.490 e. The van der Waals surface area contributed by atoms with E-state index in [9.17, 15) is 0 Å². The van der Waals surface area contributed by atoms with Gasteiger partial charge in [-0.2, -0.15) is 0 Å². The monoisotopic (exact) mass is 326 g/mol. The number of ether oxygens (including phenoxy) is 1. The molecule has 0 saturated heterocycles. The topological polar surface area (TPSA) is 34.1 Å². The summed E-state index contributed by atoms with van der Waals surface area (Å²) in [6.07, 6.45) is 5.33. The molecule has 1 aromatic carbocycles. The van der Waals surface area contributed by atoms with Crippen molar-refractivity contribution in [3.8, 4) is 5.75 Å². The summed E-state index contributed by atoms with van der Waals surface area (Å²) in [5, 5.41) is 4.48. The molecule has 24 heavy (non-hydrogen) atoms. The third-order valence-electron chi connectivity index (χ3n) is 5.24. The summed E-state index contributed by atoms with van der Waals surface area (Å²) in [7, 11) is 0. The van der Waals surface area contributed by atoms with Gasteiger partial charge in [-0.05, 0) is 68.3 Å². The van der Waals surface area contributed by atoms with E-state index in [1.165, 1.54) is 25.7 Å². The summed E-state index contributed by atoms with van der Waals surface area (Å²) in [4.78, 5) is 4.71. The molecule has 0 atom stereocenters. The van der Waals surface area contributed by atoms with Gasteiger partial charge >= 0.3 is 0 Å². The van der Waals surface area contributed by atoms with Gasteiger partial charge in [0, 0.05) is 11.9 Å². The third kappa shape index (κ3) is 4.27. The van der Waals surface area contributed by atoms with Crippen LogP contribution >= 0.6 is 0 Å². The van der Waals surface area contributed by atoms with E-state index in [0.717, 1.165) is 47.3 Å². The van der Waals surface area contributed by atoms with Crippen molar-refractivity contribution in [2.75, 3.05) is 6.54 Å². The van der Waals surface area contributed by atoms with Crippen LogP contribution in [-0.4, -0.2) is 17.6 Å². The molecule has 1 aliphatic carbocycles. The quantitative estimate of drug-likeness (QED) is 0.816. The molecule has 0 unspecified atom stereocenters. The maximum atomic E-state index is 6.25. The molecule has 1 saturated carbocycles. The summed E-state index contributed by atoms with van der Waals surface area (Å²) < 4.78 is 6.25. The highest BCUT2D eigenvalue weighted by Crippen LogP contribution is 2.32. The number of pyridine rings is 1. The van der Waals surface area contributed by atoms with Crippen LogP contribution in [0.5, 0.6) is 5.75 Å². The van der Waals surface area contributed by atoms with Gasteiger partial charge in [0.15, 0.2) is 0 Å². The lowest BCUT2D eigenvalue weighted by atomic mass is 9.80. The Labute approximate surface area is 145 Å². The van der Waals surface area contributed by atoms with Crippen molar-refractivity contribution in [1.82, 2.24) is 10.3 Å². The summed E-state index contributed by atoms with van der Waals surface area (Å²) in [5.41, 5.74) is 2.13. The molecule has 0 bridgehead atoms. The second-order valence-corrected chi connectivity index (χ2v) is 7.34. The standard InChI is InChI=1S/C21H30N2O/c1-4-22-14-18-8-5-17-13-20(11-12-21(17)23-18)24-19-9-6-16(7-10-19)15(2)3/h5,8,11-13,15-16,19,22H,4,6-7,9-10,14H2,1-3H3/t16-,19+. The lowest BCUT2D eigenvalue weighted by molar-refractivity contribution is 0.117. The normalized spacial score (nSPS) is 21.3. The summed E-state index contributed by atoms with van der Waals surface area (Å²) in [6, 6.07) is 10.5. The van der Waals surface area contributed by atoms with Crippen LogP contribution in [0.3, 0.4) is 0 Å². The van der Waals surface area contributed by atoms with E-state index in [1.807, 2.05) is 0 Å². The number of aromatic nitrogens is 1. The van der Waals surface area contributed by atoms with E-state index >= 15 is 0 Å². The average molecular weight is 326 g/mol. The Kier molecular flexibility index (Phi) is 5.72. The third-order valence-corrected chi connectivity index (χ3v) is 5.24. The molecule has 1 heterocycles. The molecule has 3 nitrogen and oxygen atoms in total. The fourth-order valence-corrected chi connectivity index (χ4v) is 3.64. The first-order valence-corrected chi connectivity index (χ1v) is 9.42. The van der Waals surface area contributed by atoms with Crippen LogP contribution in [0.4, 0.5) is 0 Å². The van der Waals surface area contributed by atoms with Crippen molar-refractivity contribution in [2.45, 2.75) is 59.1 Å². The molecule has 0 spiro atoms. The van der Waals surface area contributed by atoms with Crippen LogP contribution in [0.25, 0.3) is 10.9 Å². The molecule has 3 heteroatoms. The van der Waals surface area contributed by atoms with Crippen LogP contribution in [-0.2, 0) is 6.54 Å². The highest BCUT2D eigenvalue weighted by Gasteiger charge is 2.24. The second-order valence-electron chi connectivity index (χ2n) is 7.34. The Morgan fingerprint density at radius 2 is 1.92 bits per heavy atom. The van der Waals surface area contributed by atoms with Crippen molar-refractivity contribution >= 4 is 10.9 Å². The van der Waals surface area contributed by atoms with Gasteiger partial charge in [-0.25, -0.2) is 0 Å². The number of nitrogens with zero attached hydrogens (tertiary/aromatic N) is 1. The molecule has 130 valence electrons. The molecule has 1 N–H and O–H groups in total. The van der Waals surface area contributed by atoms with Crippen LogP contribution in [0.2, 0.25) is 0 Å². The fourth-order valence-electron chi connectivity index (χ4n) is 3.64. The highest BCUT2D eigenvalue weighted by molar-refractivity contribution is 5.80. The Morgan fingerprint density at radius 1 is 1.12 bits per heavy atom. The Bertz CT molecular complexity index is 660. The maximum Gasteiger partial charge on any atom is 0.120 e. The van der Waals surface area contributed by atoms with Gasteiger partial charge in [-0.1, -0.05) is 26.8 Å². The summed E-state index contributed by atoms with van der Waals surface area (Å²) in [5.74, 6) is 2.66. The Balaban J connectivity index is 1.63. The predicted octanol–water partition coefficient (Wildman–Crippen LogP) is 4.94. The van der Waals surface area contributed by atoms with E-state index in [0.29, 0.717) is 6.10 Å². The number of nitrogens with one attached hydrogen (secondary N) is 1. The molecule has 1 aliphatic rings. The predicted molar refractivity (Wildman–Crippen MR) is 100 cm³/mol. The number of hydrogen-bond acceptors (Lipinski definition) is 3. The van der Waals surface area contributed by atoms with Crippen LogP contribution < -0.4 is 10.1 Å². The van der Waals surface area contributed by atoms with E-state index < -0.39 is 0 Å². The first-order valence-electron chi connectivity index (χ1n) is 9.42. The van der Waals surface area contributed by atoms with E-state index in [2.05, 4.69) is 56.4 Å². The minimum atomic E-state index is 0.374. The molecule has 3 rings (SSSR count). The van der Waals surface area contributed by atoms with Gasteiger partial charge < -0.3 is 10.1 Å². The lowest BCUT2D eigenvalue weighted by Gasteiger charge is -2.31. The summed E-state index contributed by atoms with van der Waals surface area (Å²) >= 11 is 0. The zero-order valence-electron chi connectivity index (χ0n) is 15.2. The van der Waals surface area contributed by atoms with Gasteiger partial charge in [0.2, 0.25) is 0 Å². The second kappa shape index (κ2) is 7.98. The highest BCUT2D eigenvalue weighted by atomic mass is 16.5. The number of rotatable bonds is 6. The molecule has 0 amide bonds. The van der Waals surface area contributed by atoms with Crippen molar-refractivity contribution in [3.05, 3.63) is 36.0 Å². The molecular formula is C21H30N2O. The van der Waals surface area contributed by atoms with E-state index in [-0.39, 0.29) is 0 Å². The van der Waals surface area contributed by atoms with Crippen LogP contribution in [0.15, 0.2) is 30.3 Å². The number of hydrogen-bond donors (Lipinski definition) is 1. The Hall–Kier alpha value is -1.61. The molecule has 1 fully saturated rings. The molecular weight excluding hydrogens is 296 g/mol. The van der Waals surface area contributed by atoms with Crippen molar-refractivity contribution in [1.29, 1.82) is 0 Å². The van der Waals surface area contributed by atoms with Crippen LogP contribution in [0, 0.1) is 11.8 Å². The van der Waals surface area contributed by atoms with Gasteiger partial charge in [0.1, 0.15) is 5.75 Å². The lowest BCUT2D eigenvalue weighted by Crippen LogP contribution is -2.26. The number of fused-ring (bicyclic) bond motifs is 1. The molecule has 0 radical (unpaired) electrons. The van der Waals surface area contributed by atoms with E-state index in [1.54, 1.807) is 0 Å². The smallest absolute Gasteiger partial charge is 0.120 e. The van der Waals surface area contributed by atoms with Crippen molar-refractivity contribution < 1.29 is 4.74 Å². The molecule has 2 aromatic rings. The first kappa shape index (κ1) is 17.2. The van der Waals surface area contributed by atoms with Gasteiger partial charge in [-0.3, -0.25) is 4.98 Å². The largest absolute Gasteiger partial charge is 0.490 e. The van der Waals surface area contributed by atoms with Crippen molar-refractivity contribution in [2.24, 2.45) is 11.8 Å². The van der Waals surface area contributed by atoms with Gasteiger partial charge in [-0.15, -0.1) is 0 Å². The van der Waals surface area contributed by atoms with Gasteiger partial charge in [0.05, 0.1) is 17.3 Å². The minimum absolute atomic E-state index is 0.374. The molecule has 0 aliphatic heterocycles. The van der Waals surface area contributed by atoms with E-state index in [4.69, 9.17) is 9.72 Å². The van der Waals surface area contributed by atoms with Crippen LogP contribution in [0.1, 0.15) is 52.1 Å². The van der Waals surface area contributed by atoms with Crippen molar-refractivity contribution in [3.63, 3.8) is 0 Å². The maximum absolute atomic E-state index is 6.25. The SMILES string of the molecule is CCNCc1ccc2cc(O[C@H]3CC[C@@H](C(C)C)CC3)ccc2n1. The first-order chi connectivity index (χ1) is 11.7.